The van der Waals surface area contributed by atoms with Gasteiger partial charge in [0.1, 0.15) is 17.4 Å². The van der Waals surface area contributed by atoms with E-state index in [2.05, 4.69) is 20.3 Å². The van der Waals surface area contributed by atoms with E-state index in [1.165, 1.54) is 41.4 Å². The topological polar surface area (TPSA) is 80.2 Å². The molecule has 0 saturated carbocycles. The van der Waals surface area contributed by atoms with Crippen LogP contribution in [0, 0.1) is 0 Å². The largest absolute Gasteiger partial charge is 0.437 e. The number of para-hydroxylation sites is 1. The summed E-state index contributed by atoms with van der Waals surface area (Å²) in [6.45, 7) is 1.68. The van der Waals surface area contributed by atoms with Crippen molar-refractivity contribution in [1.82, 2.24) is 19.9 Å². The molecule has 2 aromatic carbocycles. The molecule has 0 spiro atoms. The van der Waals surface area contributed by atoms with Gasteiger partial charge in [-0.3, -0.25) is 9.69 Å². The van der Waals surface area contributed by atoms with Crippen molar-refractivity contribution in [3.05, 3.63) is 59.9 Å². The molecule has 1 N–H and O–H groups in total. The lowest BCUT2D eigenvalue weighted by molar-refractivity contribution is -0.175. The number of hydrogen-bond donors (Lipinski definition) is 1. The van der Waals surface area contributed by atoms with Gasteiger partial charge in [-0.1, -0.05) is 29.5 Å². The first-order chi connectivity index (χ1) is 19.4. The van der Waals surface area contributed by atoms with Gasteiger partial charge in [0.25, 0.3) is 0 Å². The summed E-state index contributed by atoms with van der Waals surface area (Å²) in [5.74, 6) is 0.226. The number of anilines is 1. The molecule has 1 amide bonds. The van der Waals surface area contributed by atoms with Crippen LogP contribution in [0.25, 0.3) is 21.5 Å². The van der Waals surface area contributed by atoms with Crippen molar-refractivity contribution in [3.63, 3.8) is 0 Å². The molecule has 0 radical (unpaired) electrons. The lowest BCUT2D eigenvalue weighted by atomic mass is 10.1. The highest BCUT2D eigenvalue weighted by molar-refractivity contribution is 7.22. The van der Waals surface area contributed by atoms with Crippen LogP contribution in [0.5, 0.6) is 11.6 Å². The van der Waals surface area contributed by atoms with Crippen LogP contribution in [0.4, 0.5) is 31.5 Å². The van der Waals surface area contributed by atoms with Crippen LogP contribution in [0.3, 0.4) is 0 Å². The molecule has 1 aliphatic rings. The summed E-state index contributed by atoms with van der Waals surface area (Å²) in [6, 6.07) is 9.42. The predicted octanol–water partition coefficient (Wildman–Crippen LogP) is 7.09. The van der Waals surface area contributed by atoms with Gasteiger partial charge in [-0.2, -0.15) is 31.3 Å². The fraction of sp³-hybridized carbons (Fsp3) is 0.333. The van der Waals surface area contributed by atoms with Crippen LogP contribution in [0.15, 0.2) is 48.5 Å². The van der Waals surface area contributed by atoms with Gasteiger partial charge in [-0.15, -0.1) is 0 Å². The van der Waals surface area contributed by atoms with Gasteiger partial charge in [0, 0.05) is 31.5 Å². The lowest BCUT2D eigenvalue weighted by Gasteiger charge is -2.26. The molecule has 1 atom stereocenters. The number of nitrogens with zero attached hydrogens (tertiary/aromatic N) is 4. The highest BCUT2D eigenvalue weighted by Crippen LogP contribution is 2.36. The smallest absolute Gasteiger partial charge is 0.416 e. The first-order valence-corrected chi connectivity index (χ1v) is 13.4. The molecule has 4 aromatic rings. The van der Waals surface area contributed by atoms with Gasteiger partial charge in [0.2, 0.25) is 11.8 Å². The molecule has 5 rings (SSSR count). The number of thiazole rings is 1. The number of aromatic nitrogens is 3. The molecule has 2 aromatic heterocycles. The molecule has 216 valence electrons. The van der Waals surface area contributed by atoms with E-state index in [1.54, 1.807) is 18.2 Å². The summed E-state index contributed by atoms with van der Waals surface area (Å²) < 4.78 is 86.4. The van der Waals surface area contributed by atoms with Crippen molar-refractivity contribution in [2.24, 2.45) is 0 Å². The van der Waals surface area contributed by atoms with Crippen molar-refractivity contribution in [3.8, 4) is 22.9 Å². The van der Waals surface area contributed by atoms with Crippen LogP contribution >= 0.6 is 11.3 Å². The molecular weight excluding hydrogens is 572 g/mol. The van der Waals surface area contributed by atoms with Crippen LogP contribution in [-0.2, 0) is 17.4 Å². The molecule has 41 heavy (non-hydrogen) atoms. The van der Waals surface area contributed by atoms with E-state index in [9.17, 15) is 31.1 Å². The maximum Gasteiger partial charge on any atom is 0.416 e. The zero-order valence-corrected chi connectivity index (χ0v) is 22.3. The van der Waals surface area contributed by atoms with Crippen molar-refractivity contribution in [1.29, 1.82) is 0 Å². The van der Waals surface area contributed by atoms with Crippen LogP contribution in [0.2, 0.25) is 0 Å². The Morgan fingerprint density at radius 3 is 2.51 bits per heavy atom. The van der Waals surface area contributed by atoms with Crippen LogP contribution < -0.4 is 10.1 Å². The average molecular weight is 596 g/mol. The van der Waals surface area contributed by atoms with E-state index >= 15 is 0 Å². The molecule has 1 fully saturated rings. The minimum absolute atomic E-state index is 0.0163. The van der Waals surface area contributed by atoms with Gasteiger partial charge < -0.3 is 10.1 Å². The van der Waals surface area contributed by atoms with E-state index < -0.39 is 24.0 Å². The number of carbonyl (C=O) groups is 1. The number of rotatable bonds is 7. The number of alkyl halides is 6. The minimum atomic E-state index is -4.52. The number of fused-ring (bicyclic) bond motifs is 1. The second-order valence-electron chi connectivity index (χ2n) is 9.47. The number of benzene rings is 2. The number of likely N-dealkylation sites (tertiary alicyclic amines) is 1. The Morgan fingerprint density at radius 1 is 1.07 bits per heavy atom. The third-order valence-corrected chi connectivity index (χ3v) is 7.44. The summed E-state index contributed by atoms with van der Waals surface area (Å²) >= 11 is 1.24. The van der Waals surface area contributed by atoms with Crippen LogP contribution in [-0.4, -0.2) is 51.1 Å². The van der Waals surface area contributed by atoms with Gasteiger partial charge in [-0.05, 0) is 43.7 Å². The Hall–Kier alpha value is -3.78. The second kappa shape index (κ2) is 11.2. The fourth-order valence-electron chi connectivity index (χ4n) is 4.65. The number of amides is 1. The summed E-state index contributed by atoms with van der Waals surface area (Å²) in [6.07, 6.45) is -8.37. The van der Waals surface area contributed by atoms with Gasteiger partial charge in [0.05, 0.1) is 16.0 Å². The Bertz CT molecular complexity index is 1550. The van der Waals surface area contributed by atoms with E-state index in [1.807, 2.05) is 0 Å². The van der Waals surface area contributed by atoms with E-state index in [0.29, 0.717) is 28.4 Å². The molecule has 0 bridgehead atoms. The Kier molecular flexibility index (Phi) is 7.88. The first-order valence-electron chi connectivity index (χ1n) is 12.6. The summed E-state index contributed by atoms with van der Waals surface area (Å²) in [4.78, 5) is 26.1. The highest BCUT2D eigenvalue weighted by Gasteiger charge is 2.45. The Labute approximate surface area is 234 Å². The van der Waals surface area contributed by atoms with Gasteiger partial charge in [0.15, 0.2) is 10.9 Å². The maximum absolute atomic E-state index is 13.4. The third-order valence-electron chi connectivity index (χ3n) is 6.50. The van der Waals surface area contributed by atoms with Gasteiger partial charge >= 0.3 is 12.4 Å². The van der Waals surface area contributed by atoms with Crippen molar-refractivity contribution >= 4 is 32.6 Å². The summed E-state index contributed by atoms with van der Waals surface area (Å²) in [5.41, 5.74) is 0.213. The standard InChI is InChI=1S/C27H23F6N5O2S/c1-15(39)34-25-37-24-19(4-2-5-20(24)41-25)40-23-14-18(16-7-9-17(10-8-16)26(28,29)30)35-22(36-23)11-13-38-12-3-6-21(38)27(31,32)33/h2,4-5,7-10,14,21H,3,6,11-13H2,1H3,(H,34,37,39)/t21-/m1/s1. The second-order valence-corrected chi connectivity index (χ2v) is 10.5. The Balaban J connectivity index is 1.47. The maximum atomic E-state index is 13.4. The molecule has 14 heteroatoms. The molecule has 3 heterocycles. The van der Waals surface area contributed by atoms with E-state index in [0.717, 1.165) is 16.8 Å². The van der Waals surface area contributed by atoms with E-state index in [4.69, 9.17) is 4.74 Å². The predicted molar refractivity (Wildman–Crippen MR) is 141 cm³/mol. The van der Waals surface area contributed by atoms with Crippen LogP contribution in [0.1, 0.15) is 31.2 Å². The summed E-state index contributed by atoms with van der Waals surface area (Å²) in [7, 11) is 0. The fourth-order valence-corrected chi connectivity index (χ4v) is 5.57. The molecule has 1 aliphatic heterocycles. The van der Waals surface area contributed by atoms with Crippen molar-refractivity contribution in [2.45, 2.75) is 44.6 Å². The van der Waals surface area contributed by atoms with Gasteiger partial charge in [-0.25, -0.2) is 9.97 Å². The quantitative estimate of drug-likeness (QED) is 0.230. The molecule has 7 nitrogen and oxygen atoms in total. The van der Waals surface area contributed by atoms with E-state index in [-0.39, 0.29) is 49.2 Å². The first kappa shape index (κ1) is 28.7. The molecular formula is C27H23F6N5O2S. The van der Waals surface area contributed by atoms with Crippen molar-refractivity contribution < 1.29 is 35.9 Å². The normalized spacial score (nSPS) is 16.3. The molecule has 1 saturated heterocycles. The average Bonchev–Trinajstić information content (AvgIpc) is 3.54. The number of nitrogens with one attached hydrogen (secondary N) is 1. The molecule has 0 unspecified atom stereocenters. The highest BCUT2D eigenvalue weighted by atomic mass is 32.1. The number of carbonyl (C=O) groups excluding carboxylic acids is 1. The summed E-state index contributed by atoms with van der Waals surface area (Å²) in [5, 5.41) is 2.98. The monoisotopic (exact) mass is 595 g/mol. The zero-order valence-electron chi connectivity index (χ0n) is 21.5. The Morgan fingerprint density at radius 2 is 1.83 bits per heavy atom. The van der Waals surface area contributed by atoms with Crippen molar-refractivity contribution in [2.75, 3.05) is 18.4 Å². The minimum Gasteiger partial charge on any atom is -0.437 e. The number of halogens is 6. The number of ether oxygens (including phenoxy) is 1. The SMILES string of the molecule is CC(=O)Nc1nc2c(Oc3cc(-c4ccc(C(F)(F)F)cc4)nc(CCN4CCC[C@@H]4C(F)(F)F)n3)cccc2s1. The number of hydrogen-bond acceptors (Lipinski definition) is 7. The lowest BCUT2D eigenvalue weighted by Crippen LogP contribution is -2.42. The third kappa shape index (κ3) is 6.76. The molecule has 0 aliphatic carbocycles. The zero-order chi connectivity index (χ0) is 29.4.